The number of nitrogens with zero attached hydrogens (tertiary/aromatic N) is 1. The molecule has 0 fully saturated rings. The van der Waals surface area contributed by atoms with Crippen LogP contribution in [0.1, 0.15) is 36.6 Å². The molecule has 3 amide bonds. The molecule has 0 aliphatic carbocycles. The fourth-order valence-corrected chi connectivity index (χ4v) is 3.19. The second-order valence-corrected chi connectivity index (χ2v) is 6.57. The van der Waals surface area contributed by atoms with E-state index in [1.807, 2.05) is 0 Å². The van der Waals surface area contributed by atoms with Crippen molar-refractivity contribution in [2.75, 3.05) is 10.2 Å². The number of hydrogen-bond acceptors (Lipinski definition) is 3. The van der Waals surface area contributed by atoms with Crippen LogP contribution in [0.5, 0.6) is 0 Å². The van der Waals surface area contributed by atoms with E-state index in [9.17, 15) is 27.6 Å². The first kappa shape index (κ1) is 19.4. The maximum atomic E-state index is 12.9. The summed E-state index contributed by atoms with van der Waals surface area (Å²) in [6, 6.07) is 16.4. The van der Waals surface area contributed by atoms with Crippen molar-refractivity contribution in [1.29, 1.82) is 0 Å². The molecule has 0 unspecified atom stereocenters. The van der Waals surface area contributed by atoms with E-state index >= 15 is 0 Å². The van der Waals surface area contributed by atoms with Crippen molar-refractivity contribution in [2.45, 2.75) is 6.18 Å². The van der Waals surface area contributed by atoms with Gasteiger partial charge in [-0.25, -0.2) is 4.90 Å². The first-order valence-corrected chi connectivity index (χ1v) is 8.82. The van der Waals surface area contributed by atoms with Gasteiger partial charge in [-0.05, 0) is 48.5 Å². The minimum absolute atomic E-state index is 0.0269. The zero-order valence-corrected chi connectivity index (χ0v) is 15.2. The van der Waals surface area contributed by atoms with Gasteiger partial charge in [0.25, 0.3) is 17.7 Å². The SMILES string of the molecule is O=C(Nc1cccc(C(F)(F)F)c1)c1cccc(N2C(=O)c3ccccc3C2=O)c1. The smallest absolute Gasteiger partial charge is 0.322 e. The first-order valence-electron chi connectivity index (χ1n) is 8.82. The summed E-state index contributed by atoms with van der Waals surface area (Å²) in [7, 11) is 0. The topological polar surface area (TPSA) is 66.5 Å². The zero-order valence-electron chi connectivity index (χ0n) is 15.2. The molecular formula is C22H13F3N2O3. The Morgan fingerprint density at radius 3 is 2.07 bits per heavy atom. The highest BCUT2D eigenvalue weighted by Gasteiger charge is 2.36. The minimum Gasteiger partial charge on any atom is -0.322 e. The number of fused-ring (bicyclic) bond motifs is 1. The van der Waals surface area contributed by atoms with Crippen LogP contribution in [0.4, 0.5) is 24.5 Å². The third kappa shape index (κ3) is 3.43. The Kier molecular flexibility index (Phi) is 4.62. The minimum atomic E-state index is -4.54. The molecule has 1 heterocycles. The summed E-state index contributed by atoms with van der Waals surface area (Å²) >= 11 is 0. The zero-order chi connectivity index (χ0) is 21.5. The number of carbonyl (C=O) groups excluding carboxylic acids is 3. The van der Waals surface area contributed by atoms with Gasteiger partial charge in [-0.3, -0.25) is 14.4 Å². The molecule has 0 atom stereocenters. The number of amides is 3. The molecular weight excluding hydrogens is 397 g/mol. The predicted octanol–water partition coefficient (Wildman–Crippen LogP) is 4.76. The fourth-order valence-electron chi connectivity index (χ4n) is 3.19. The van der Waals surface area contributed by atoms with Gasteiger partial charge in [0.15, 0.2) is 0 Å². The van der Waals surface area contributed by atoms with Crippen LogP contribution >= 0.6 is 0 Å². The summed E-state index contributed by atoms with van der Waals surface area (Å²) in [6.07, 6.45) is -4.54. The van der Waals surface area contributed by atoms with Crippen molar-refractivity contribution < 1.29 is 27.6 Å². The number of rotatable bonds is 3. The van der Waals surface area contributed by atoms with Crippen molar-refractivity contribution in [1.82, 2.24) is 0 Å². The molecule has 0 saturated heterocycles. The van der Waals surface area contributed by atoms with E-state index in [1.54, 1.807) is 24.3 Å². The molecule has 5 nitrogen and oxygen atoms in total. The predicted molar refractivity (Wildman–Crippen MR) is 103 cm³/mol. The maximum Gasteiger partial charge on any atom is 0.416 e. The lowest BCUT2D eigenvalue weighted by molar-refractivity contribution is -0.137. The van der Waals surface area contributed by atoms with E-state index < -0.39 is 29.5 Å². The van der Waals surface area contributed by atoms with Gasteiger partial charge in [-0.15, -0.1) is 0 Å². The van der Waals surface area contributed by atoms with Crippen LogP contribution in [0, 0.1) is 0 Å². The molecule has 150 valence electrons. The molecule has 0 aromatic heterocycles. The lowest BCUT2D eigenvalue weighted by Gasteiger charge is -2.15. The molecule has 1 aliphatic rings. The Bertz CT molecular complexity index is 1150. The summed E-state index contributed by atoms with van der Waals surface area (Å²) in [5, 5.41) is 2.40. The van der Waals surface area contributed by atoms with Gasteiger partial charge in [0.1, 0.15) is 0 Å². The molecule has 30 heavy (non-hydrogen) atoms. The number of nitrogens with one attached hydrogen (secondary N) is 1. The van der Waals surface area contributed by atoms with Crippen molar-refractivity contribution >= 4 is 29.1 Å². The standard InChI is InChI=1S/C22H13F3N2O3/c23-22(24,25)14-6-4-7-15(12-14)26-19(28)13-5-3-8-16(11-13)27-20(29)17-9-1-2-10-18(17)21(27)30/h1-12H,(H,26,28). The highest BCUT2D eigenvalue weighted by molar-refractivity contribution is 6.34. The highest BCUT2D eigenvalue weighted by atomic mass is 19.4. The average molecular weight is 410 g/mol. The number of anilines is 2. The molecule has 0 radical (unpaired) electrons. The van der Waals surface area contributed by atoms with Crippen molar-refractivity contribution in [2.24, 2.45) is 0 Å². The van der Waals surface area contributed by atoms with Crippen LogP contribution in [-0.2, 0) is 6.18 Å². The molecule has 4 rings (SSSR count). The summed E-state index contributed by atoms with van der Waals surface area (Å²) < 4.78 is 38.6. The molecule has 3 aromatic carbocycles. The van der Waals surface area contributed by atoms with E-state index in [0.717, 1.165) is 17.0 Å². The van der Waals surface area contributed by atoms with Gasteiger partial charge in [0.2, 0.25) is 0 Å². The largest absolute Gasteiger partial charge is 0.416 e. The first-order chi connectivity index (χ1) is 14.3. The van der Waals surface area contributed by atoms with Crippen LogP contribution in [-0.4, -0.2) is 17.7 Å². The molecule has 1 aliphatic heterocycles. The fraction of sp³-hybridized carbons (Fsp3) is 0.0455. The Morgan fingerprint density at radius 2 is 1.43 bits per heavy atom. The summed E-state index contributed by atoms with van der Waals surface area (Å²) in [6.45, 7) is 0. The number of halogens is 3. The van der Waals surface area contributed by atoms with Gasteiger partial charge >= 0.3 is 6.18 Å². The van der Waals surface area contributed by atoms with Crippen molar-refractivity contribution in [3.63, 3.8) is 0 Å². The van der Waals surface area contributed by atoms with E-state index in [4.69, 9.17) is 0 Å². The molecule has 1 N–H and O–H groups in total. The van der Waals surface area contributed by atoms with E-state index in [-0.39, 0.29) is 28.1 Å². The second-order valence-electron chi connectivity index (χ2n) is 6.57. The number of hydrogen-bond donors (Lipinski definition) is 1. The summed E-state index contributed by atoms with van der Waals surface area (Å²) in [4.78, 5) is 38.7. The van der Waals surface area contributed by atoms with Crippen molar-refractivity contribution in [3.8, 4) is 0 Å². The van der Waals surface area contributed by atoms with Gasteiger partial charge in [0.05, 0.1) is 22.4 Å². The van der Waals surface area contributed by atoms with Gasteiger partial charge in [-0.2, -0.15) is 13.2 Å². The van der Waals surface area contributed by atoms with E-state index in [2.05, 4.69) is 5.32 Å². The Morgan fingerprint density at radius 1 is 0.800 bits per heavy atom. The van der Waals surface area contributed by atoms with E-state index in [1.165, 1.54) is 36.4 Å². The normalized spacial score (nSPS) is 13.4. The van der Waals surface area contributed by atoms with Gasteiger partial charge < -0.3 is 5.32 Å². The van der Waals surface area contributed by atoms with Crippen LogP contribution < -0.4 is 10.2 Å². The van der Waals surface area contributed by atoms with Crippen LogP contribution in [0.2, 0.25) is 0 Å². The molecule has 3 aromatic rings. The maximum absolute atomic E-state index is 12.9. The van der Waals surface area contributed by atoms with Crippen LogP contribution in [0.3, 0.4) is 0 Å². The number of benzene rings is 3. The lowest BCUT2D eigenvalue weighted by atomic mass is 10.1. The van der Waals surface area contributed by atoms with Crippen LogP contribution in [0.25, 0.3) is 0 Å². The molecule has 8 heteroatoms. The highest BCUT2D eigenvalue weighted by Crippen LogP contribution is 2.31. The second kappa shape index (κ2) is 7.14. The molecule has 0 spiro atoms. The average Bonchev–Trinajstić information content (AvgIpc) is 2.98. The number of imide groups is 1. The third-order valence-corrected chi connectivity index (χ3v) is 4.61. The Hall–Kier alpha value is -3.94. The number of carbonyl (C=O) groups is 3. The summed E-state index contributed by atoms with van der Waals surface area (Å²) in [5.41, 5.74) is -0.108. The number of alkyl halides is 3. The summed E-state index contributed by atoms with van der Waals surface area (Å²) in [5.74, 6) is -1.69. The Labute approximate surface area is 168 Å². The van der Waals surface area contributed by atoms with Crippen molar-refractivity contribution in [3.05, 3.63) is 95.1 Å². The quantitative estimate of drug-likeness (QED) is 0.634. The molecule has 0 saturated carbocycles. The van der Waals surface area contributed by atoms with Crippen LogP contribution in [0.15, 0.2) is 72.8 Å². The third-order valence-electron chi connectivity index (χ3n) is 4.61. The van der Waals surface area contributed by atoms with Gasteiger partial charge in [0, 0.05) is 11.3 Å². The van der Waals surface area contributed by atoms with Gasteiger partial charge in [-0.1, -0.05) is 24.3 Å². The van der Waals surface area contributed by atoms with E-state index in [0.29, 0.717) is 0 Å². The monoisotopic (exact) mass is 410 g/mol. The molecule has 0 bridgehead atoms. The lowest BCUT2D eigenvalue weighted by Crippen LogP contribution is -2.29. The Balaban J connectivity index is 1.60.